The summed E-state index contributed by atoms with van der Waals surface area (Å²) in [6.07, 6.45) is 6.13. The van der Waals surface area contributed by atoms with Crippen molar-refractivity contribution in [3.8, 4) is 0 Å². The second kappa shape index (κ2) is 16.9. The molecular weight excluding hydrogens is 733 g/mol. The van der Waals surface area contributed by atoms with Gasteiger partial charge in [0.15, 0.2) is 6.10 Å². The van der Waals surface area contributed by atoms with Crippen LogP contribution in [0.25, 0.3) is 6.08 Å². The summed E-state index contributed by atoms with van der Waals surface area (Å²) >= 11 is 1.37. The molecule has 3 aromatic carbocycles. The zero-order valence-corrected chi connectivity index (χ0v) is 31.1. The molecule has 0 bridgehead atoms. The molecular formula is C42H38N6O7S. The van der Waals surface area contributed by atoms with Gasteiger partial charge in [-0.15, -0.1) is 11.8 Å². The molecule has 1 aromatic heterocycles. The number of carbonyl (C=O) groups is 6. The maximum Gasteiger partial charge on any atom is 0.356 e. The number of aromatic nitrogens is 1. The van der Waals surface area contributed by atoms with Crippen molar-refractivity contribution in [1.82, 2.24) is 30.3 Å². The summed E-state index contributed by atoms with van der Waals surface area (Å²) in [5.41, 5.74) is 3.28. The highest BCUT2D eigenvalue weighted by Crippen LogP contribution is 2.42. The number of ether oxygens (including phenoxy) is 1. The van der Waals surface area contributed by atoms with Crippen molar-refractivity contribution in [3.63, 3.8) is 0 Å². The average molecular weight is 771 g/mol. The Morgan fingerprint density at radius 3 is 2.09 bits per heavy atom. The number of pyridine rings is 1. The zero-order valence-electron chi connectivity index (χ0n) is 30.3. The van der Waals surface area contributed by atoms with Gasteiger partial charge in [0.25, 0.3) is 5.91 Å². The van der Waals surface area contributed by atoms with Crippen LogP contribution in [0, 0.1) is 0 Å². The van der Waals surface area contributed by atoms with Crippen molar-refractivity contribution < 1.29 is 33.5 Å². The Kier molecular flexibility index (Phi) is 11.4. The molecule has 2 N–H and O–H groups in total. The summed E-state index contributed by atoms with van der Waals surface area (Å²) in [6.45, 7) is 2.17. The molecule has 2 fully saturated rings. The predicted molar refractivity (Wildman–Crippen MR) is 208 cm³/mol. The molecule has 284 valence electrons. The molecule has 2 saturated heterocycles. The van der Waals surface area contributed by atoms with Crippen LogP contribution in [-0.2, 0) is 28.7 Å². The molecule has 4 heterocycles. The van der Waals surface area contributed by atoms with Gasteiger partial charge < -0.3 is 20.3 Å². The van der Waals surface area contributed by atoms with Gasteiger partial charge in [0.05, 0.1) is 0 Å². The molecule has 14 heteroatoms. The third kappa shape index (κ3) is 7.82. The highest BCUT2D eigenvalue weighted by atomic mass is 32.2. The first-order valence-electron chi connectivity index (χ1n) is 18.1. The van der Waals surface area contributed by atoms with Crippen LogP contribution in [0.2, 0.25) is 0 Å². The smallest absolute Gasteiger partial charge is 0.356 e. The molecule has 0 spiro atoms. The van der Waals surface area contributed by atoms with Crippen molar-refractivity contribution in [2.45, 2.75) is 30.5 Å². The van der Waals surface area contributed by atoms with Crippen molar-refractivity contribution in [1.29, 1.82) is 0 Å². The van der Waals surface area contributed by atoms with Crippen LogP contribution in [0.15, 0.2) is 133 Å². The maximum absolute atomic E-state index is 14.4. The van der Waals surface area contributed by atoms with Crippen LogP contribution in [0.5, 0.6) is 0 Å². The lowest BCUT2D eigenvalue weighted by Gasteiger charge is -2.49. The van der Waals surface area contributed by atoms with Crippen molar-refractivity contribution in [2.24, 2.45) is 0 Å². The van der Waals surface area contributed by atoms with Crippen LogP contribution in [-0.4, -0.2) is 92.1 Å². The third-order valence-corrected chi connectivity index (χ3v) is 11.0. The summed E-state index contributed by atoms with van der Waals surface area (Å²) in [7, 11) is 0. The van der Waals surface area contributed by atoms with E-state index in [0.717, 1.165) is 21.6 Å². The number of hydrogen-bond donors (Lipinski definition) is 2. The number of rotatable bonds is 11. The molecule has 13 nitrogen and oxygen atoms in total. The molecule has 56 heavy (non-hydrogen) atoms. The van der Waals surface area contributed by atoms with Gasteiger partial charge in [-0.05, 0) is 40.8 Å². The minimum atomic E-state index is -1.32. The van der Waals surface area contributed by atoms with E-state index in [9.17, 15) is 28.8 Å². The Morgan fingerprint density at radius 1 is 0.839 bits per heavy atom. The number of benzene rings is 3. The minimum Gasteiger partial charge on any atom is -0.448 e. The van der Waals surface area contributed by atoms with Gasteiger partial charge in [-0.2, -0.15) is 0 Å². The number of carbonyl (C=O) groups excluding carboxylic acids is 6. The first kappa shape index (κ1) is 37.8. The number of amides is 6. The molecule has 7 rings (SSSR count). The van der Waals surface area contributed by atoms with Gasteiger partial charge in [-0.25, -0.2) is 9.59 Å². The van der Waals surface area contributed by atoms with Crippen molar-refractivity contribution in [2.75, 3.05) is 25.4 Å². The quantitative estimate of drug-likeness (QED) is 0.130. The number of urea groups is 1. The van der Waals surface area contributed by atoms with Gasteiger partial charge in [0.1, 0.15) is 23.2 Å². The predicted octanol–water partition coefficient (Wildman–Crippen LogP) is 4.22. The Hall–Kier alpha value is -6.54. The highest BCUT2D eigenvalue weighted by Gasteiger charge is 2.55. The van der Waals surface area contributed by atoms with E-state index >= 15 is 0 Å². The Labute approximate surface area is 327 Å². The average Bonchev–Trinajstić information content (AvgIpc) is 3.24. The number of piperazine rings is 1. The number of imide groups is 1. The monoisotopic (exact) mass is 770 g/mol. The van der Waals surface area contributed by atoms with E-state index in [1.165, 1.54) is 21.6 Å². The Balaban J connectivity index is 1.15. The number of nitrogens with zero attached hydrogens (tertiary/aromatic N) is 4. The first-order chi connectivity index (χ1) is 27.2. The number of allylic oxidation sites excluding steroid dienone is 1. The number of β-lactam (4-membered cyclic amide) rings is 1. The van der Waals surface area contributed by atoms with Crippen molar-refractivity contribution >= 4 is 53.5 Å². The number of likely N-dealkylation sites (N-methyl/N-ethyl adjacent to an activating group) is 1. The topological polar surface area (TPSA) is 158 Å². The number of fused-ring (bicyclic) bond motifs is 1. The molecule has 3 aliphatic rings. The van der Waals surface area contributed by atoms with Gasteiger partial charge in [-0.1, -0.05) is 109 Å². The van der Waals surface area contributed by atoms with Gasteiger partial charge in [-0.3, -0.25) is 34.0 Å². The second-order valence-corrected chi connectivity index (χ2v) is 14.2. The fraction of sp³-hybridized carbons (Fsp3) is 0.214. The second-order valence-electron chi connectivity index (χ2n) is 13.1. The number of hydrogen-bond acceptors (Lipinski definition) is 9. The van der Waals surface area contributed by atoms with Crippen LogP contribution < -0.4 is 10.6 Å². The van der Waals surface area contributed by atoms with E-state index in [1.54, 1.807) is 67.9 Å². The van der Waals surface area contributed by atoms with Gasteiger partial charge in [0.2, 0.25) is 5.91 Å². The lowest BCUT2D eigenvalue weighted by Crippen LogP contribution is -2.71. The molecule has 3 atom stereocenters. The fourth-order valence-electron chi connectivity index (χ4n) is 6.73. The van der Waals surface area contributed by atoms with Crippen LogP contribution in [0.3, 0.4) is 0 Å². The summed E-state index contributed by atoms with van der Waals surface area (Å²) in [5.74, 6) is -3.46. The molecule has 6 amide bonds. The van der Waals surface area contributed by atoms with Crippen LogP contribution >= 0.6 is 11.8 Å². The normalized spacial score (nSPS) is 18.8. The molecule has 0 aliphatic carbocycles. The molecule has 4 aromatic rings. The summed E-state index contributed by atoms with van der Waals surface area (Å²) in [5, 5.41) is 4.71. The summed E-state index contributed by atoms with van der Waals surface area (Å²) in [4.78, 5) is 88.9. The van der Waals surface area contributed by atoms with E-state index in [0.29, 0.717) is 23.4 Å². The van der Waals surface area contributed by atoms with Gasteiger partial charge >= 0.3 is 23.8 Å². The van der Waals surface area contributed by atoms with E-state index in [1.807, 2.05) is 66.7 Å². The standard InChI is InChI=1S/C42H38N6O7S/c1-2-46-23-24-47(39(52)38(46)51)42(54)45-32(28-14-6-3-7-15-28)36(49)44-33-37(50)48-34(31(26-56-40(33)48)21-20-27-13-12-22-43-25-27)41(53)55-35(29-16-8-4-9-17-29)30-18-10-5-11-19-30/h3-22,25,32-33,35,40H,2,23-24,26H2,1H3,(H,44,49)(H,45,54)/t32-,33?,40-/m1/s1. The Morgan fingerprint density at radius 2 is 1.48 bits per heavy atom. The SMILES string of the molecule is CCN1CCN(C(=O)N[C@@H](C(=O)NC2C(=O)N3C(C(=O)OC(c4ccccc4)c4ccccc4)=C(C=Cc4cccnc4)CS[C@H]23)c2ccccc2)C(=O)C1=O. The molecule has 0 radical (unpaired) electrons. The summed E-state index contributed by atoms with van der Waals surface area (Å²) in [6, 6.07) is 27.4. The largest absolute Gasteiger partial charge is 0.448 e. The van der Waals surface area contributed by atoms with Crippen molar-refractivity contribution in [3.05, 3.63) is 155 Å². The number of nitrogens with one attached hydrogen (secondary N) is 2. The lowest BCUT2D eigenvalue weighted by atomic mass is 9.99. The first-order valence-corrected chi connectivity index (χ1v) is 19.1. The maximum atomic E-state index is 14.4. The Bertz CT molecular complexity index is 2150. The summed E-state index contributed by atoms with van der Waals surface area (Å²) < 4.78 is 6.25. The third-order valence-electron chi connectivity index (χ3n) is 9.68. The van der Waals surface area contributed by atoms with Gasteiger partial charge in [0, 0.05) is 37.8 Å². The number of thioether (sulfide) groups is 1. The van der Waals surface area contributed by atoms with Crippen LogP contribution in [0.4, 0.5) is 4.79 Å². The fourth-order valence-corrected chi connectivity index (χ4v) is 8.05. The van der Waals surface area contributed by atoms with E-state index < -0.39 is 59.2 Å². The molecule has 1 unspecified atom stereocenters. The highest BCUT2D eigenvalue weighted by molar-refractivity contribution is 8.00. The zero-order chi connectivity index (χ0) is 39.2. The van der Waals surface area contributed by atoms with E-state index in [-0.39, 0.29) is 18.8 Å². The van der Waals surface area contributed by atoms with Crippen LogP contribution in [0.1, 0.15) is 41.3 Å². The lowest BCUT2D eigenvalue weighted by molar-refractivity contribution is -0.154. The minimum absolute atomic E-state index is 0.0413. The van der Waals surface area contributed by atoms with E-state index in [2.05, 4.69) is 15.6 Å². The molecule has 3 aliphatic heterocycles. The molecule has 0 saturated carbocycles. The van der Waals surface area contributed by atoms with E-state index in [4.69, 9.17) is 4.74 Å². The number of esters is 1.